The average Bonchev–Trinajstić information content (AvgIpc) is 2.39. The summed E-state index contributed by atoms with van der Waals surface area (Å²) in [6, 6.07) is 8.77. The Morgan fingerprint density at radius 1 is 1.11 bits per heavy atom. The van der Waals surface area contributed by atoms with Gasteiger partial charge in [0.25, 0.3) is 6.08 Å². The zero-order valence-electron chi connectivity index (χ0n) is 10.8. The van der Waals surface area contributed by atoms with E-state index in [-0.39, 0.29) is 5.92 Å². The van der Waals surface area contributed by atoms with E-state index < -0.39 is 6.08 Å². The zero-order chi connectivity index (χ0) is 13.0. The smallest absolute Gasteiger partial charge is 0.174 e. The highest BCUT2D eigenvalue weighted by Crippen LogP contribution is 2.36. The van der Waals surface area contributed by atoms with E-state index in [1.165, 1.54) is 11.1 Å². The van der Waals surface area contributed by atoms with E-state index in [1.807, 2.05) is 0 Å². The third-order valence-corrected chi connectivity index (χ3v) is 3.99. The normalized spacial score (nSPS) is 23.7. The van der Waals surface area contributed by atoms with E-state index in [9.17, 15) is 8.78 Å². The number of hydrogen-bond acceptors (Lipinski definition) is 0. The lowest BCUT2D eigenvalue weighted by Gasteiger charge is -2.26. The summed E-state index contributed by atoms with van der Waals surface area (Å²) in [4.78, 5) is 0. The van der Waals surface area contributed by atoms with Crippen LogP contribution in [0.25, 0.3) is 0 Å². The van der Waals surface area contributed by atoms with Crippen LogP contribution in [0.5, 0.6) is 0 Å². The molecule has 0 heterocycles. The van der Waals surface area contributed by atoms with Crippen LogP contribution < -0.4 is 0 Å². The van der Waals surface area contributed by atoms with E-state index >= 15 is 0 Å². The monoisotopic (exact) mass is 250 g/mol. The average molecular weight is 250 g/mol. The summed E-state index contributed by atoms with van der Waals surface area (Å²) in [5.74, 6) is 0.643. The van der Waals surface area contributed by atoms with Gasteiger partial charge in [-0.15, -0.1) is 0 Å². The van der Waals surface area contributed by atoms with Crippen LogP contribution in [0.1, 0.15) is 49.7 Å². The number of hydrogen-bond donors (Lipinski definition) is 0. The van der Waals surface area contributed by atoms with Gasteiger partial charge in [-0.05, 0) is 61.1 Å². The van der Waals surface area contributed by atoms with Crippen molar-refractivity contribution in [1.29, 1.82) is 0 Å². The lowest BCUT2D eigenvalue weighted by atomic mass is 9.78. The quantitative estimate of drug-likeness (QED) is 0.682. The molecule has 0 saturated heterocycles. The molecule has 0 aromatic heterocycles. The van der Waals surface area contributed by atoms with Crippen molar-refractivity contribution in [2.45, 2.75) is 44.9 Å². The molecule has 0 N–H and O–H groups in total. The van der Waals surface area contributed by atoms with Crippen molar-refractivity contribution in [3.05, 3.63) is 47.5 Å². The fourth-order valence-corrected chi connectivity index (χ4v) is 2.82. The number of halogens is 2. The molecule has 0 unspecified atom stereocenters. The number of allylic oxidation sites excluding steroid dienone is 1. The minimum atomic E-state index is -1.52. The molecule has 1 saturated carbocycles. The third-order valence-electron chi connectivity index (χ3n) is 3.99. The summed E-state index contributed by atoms with van der Waals surface area (Å²) in [5.41, 5.74) is 2.73. The molecule has 0 amide bonds. The summed E-state index contributed by atoms with van der Waals surface area (Å²) < 4.78 is 24.4. The molecule has 2 rings (SSSR count). The SMILES string of the molecule is CCc1ccc([C@H]2CC[C@H](C=C(F)F)CC2)cc1. The largest absolute Gasteiger partial charge is 0.266 e. The summed E-state index contributed by atoms with van der Waals surface area (Å²) >= 11 is 0. The number of aryl methyl sites for hydroxylation is 1. The molecule has 0 bridgehead atoms. The molecular weight excluding hydrogens is 230 g/mol. The molecule has 0 atom stereocenters. The summed E-state index contributed by atoms with van der Waals surface area (Å²) in [5, 5.41) is 0. The van der Waals surface area contributed by atoms with Crippen molar-refractivity contribution in [1.82, 2.24) is 0 Å². The second-order valence-electron chi connectivity index (χ2n) is 5.16. The van der Waals surface area contributed by atoms with Crippen molar-refractivity contribution >= 4 is 0 Å². The molecule has 1 aromatic rings. The zero-order valence-corrected chi connectivity index (χ0v) is 10.8. The fourth-order valence-electron chi connectivity index (χ4n) is 2.82. The maximum absolute atomic E-state index is 12.2. The molecular formula is C16H20F2. The second-order valence-corrected chi connectivity index (χ2v) is 5.16. The first-order chi connectivity index (χ1) is 8.69. The molecule has 0 aliphatic heterocycles. The van der Waals surface area contributed by atoms with Crippen LogP contribution >= 0.6 is 0 Å². The summed E-state index contributed by atoms with van der Waals surface area (Å²) in [7, 11) is 0. The lowest BCUT2D eigenvalue weighted by Crippen LogP contribution is -2.11. The number of benzene rings is 1. The molecule has 1 aliphatic carbocycles. The fraction of sp³-hybridized carbons (Fsp3) is 0.500. The van der Waals surface area contributed by atoms with Gasteiger partial charge in [0.05, 0.1) is 0 Å². The number of rotatable bonds is 3. The molecule has 2 heteroatoms. The van der Waals surface area contributed by atoms with Crippen LogP contribution in [0.3, 0.4) is 0 Å². The van der Waals surface area contributed by atoms with Crippen molar-refractivity contribution in [2.24, 2.45) is 5.92 Å². The highest BCUT2D eigenvalue weighted by molar-refractivity contribution is 5.25. The van der Waals surface area contributed by atoms with E-state index in [1.54, 1.807) is 0 Å². The van der Waals surface area contributed by atoms with E-state index in [2.05, 4.69) is 31.2 Å². The third kappa shape index (κ3) is 3.41. The second kappa shape index (κ2) is 6.12. The van der Waals surface area contributed by atoms with Crippen LogP contribution in [-0.4, -0.2) is 0 Å². The Labute approximate surface area is 108 Å². The van der Waals surface area contributed by atoms with E-state index in [4.69, 9.17) is 0 Å². The maximum atomic E-state index is 12.2. The Balaban J connectivity index is 1.94. The first kappa shape index (κ1) is 13.3. The summed E-state index contributed by atoms with van der Waals surface area (Å²) in [6.45, 7) is 2.15. The van der Waals surface area contributed by atoms with Gasteiger partial charge in [0.15, 0.2) is 0 Å². The standard InChI is InChI=1S/C16H20F2/c1-2-12-3-7-14(8-4-12)15-9-5-13(6-10-15)11-16(17)18/h3-4,7-8,11,13,15H,2,5-6,9-10H2,1H3/t13-,15-. The van der Waals surface area contributed by atoms with Gasteiger partial charge < -0.3 is 0 Å². The molecule has 98 valence electrons. The Kier molecular flexibility index (Phi) is 4.51. The topological polar surface area (TPSA) is 0 Å². The predicted molar refractivity (Wildman–Crippen MR) is 70.8 cm³/mol. The Bertz CT molecular complexity index is 394. The first-order valence-electron chi connectivity index (χ1n) is 6.80. The molecule has 0 spiro atoms. The van der Waals surface area contributed by atoms with Crippen LogP contribution in [0.2, 0.25) is 0 Å². The molecule has 0 radical (unpaired) electrons. The van der Waals surface area contributed by atoms with Gasteiger partial charge in [-0.3, -0.25) is 0 Å². The van der Waals surface area contributed by atoms with Gasteiger partial charge in [0.2, 0.25) is 0 Å². The minimum Gasteiger partial charge on any atom is -0.174 e. The lowest BCUT2D eigenvalue weighted by molar-refractivity contribution is 0.351. The molecule has 18 heavy (non-hydrogen) atoms. The highest BCUT2D eigenvalue weighted by Gasteiger charge is 2.21. The van der Waals surface area contributed by atoms with Crippen molar-refractivity contribution in [3.8, 4) is 0 Å². The van der Waals surface area contributed by atoms with E-state index in [0.29, 0.717) is 5.92 Å². The minimum absolute atomic E-state index is 0.0844. The van der Waals surface area contributed by atoms with Gasteiger partial charge >= 0.3 is 0 Å². The Morgan fingerprint density at radius 2 is 1.72 bits per heavy atom. The molecule has 0 nitrogen and oxygen atoms in total. The molecule has 1 fully saturated rings. The Hall–Kier alpha value is -1.18. The van der Waals surface area contributed by atoms with Gasteiger partial charge in [0.1, 0.15) is 0 Å². The van der Waals surface area contributed by atoms with Crippen molar-refractivity contribution in [3.63, 3.8) is 0 Å². The Morgan fingerprint density at radius 3 is 2.22 bits per heavy atom. The predicted octanol–water partition coefficient (Wildman–Crippen LogP) is 5.30. The van der Waals surface area contributed by atoms with Crippen LogP contribution in [-0.2, 0) is 6.42 Å². The van der Waals surface area contributed by atoms with Crippen molar-refractivity contribution < 1.29 is 8.78 Å². The molecule has 1 aliphatic rings. The molecule has 1 aromatic carbocycles. The highest BCUT2D eigenvalue weighted by atomic mass is 19.3. The van der Waals surface area contributed by atoms with Crippen LogP contribution in [0, 0.1) is 5.92 Å². The van der Waals surface area contributed by atoms with Gasteiger partial charge in [-0.25, -0.2) is 0 Å². The maximum Gasteiger partial charge on any atom is 0.266 e. The summed E-state index contributed by atoms with van der Waals surface area (Å²) in [6.07, 6.45) is 4.50. The van der Waals surface area contributed by atoms with Gasteiger partial charge in [-0.1, -0.05) is 31.2 Å². The van der Waals surface area contributed by atoms with Gasteiger partial charge in [0, 0.05) is 0 Å². The van der Waals surface area contributed by atoms with Crippen LogP contribution in [0.4, 0.5) is 8.78 Å². The van der Waals surface area contributed by atoms with E-state index in [0.717, 1.165) is 38.2 Å². The van der Waals surface area contributed by atoms with Crippen LogP contribution in [0.15, 0.2) is 36.4 Å². The first-order valence-corrected chi connectivity index (χ1v) is 6.80. The van der Waals surface area contributed by atoms with Crippen molar-refractivity contribution in [2.75, 3.05) is 0 Å². The van der Waals surface area contributed by atoms with Gasteiger partial charge in [-0.2, -0.15) is 8.78 Å².